The highest BCUT2D eigenvalue weighted by Gasteiger charge is 2.32. The van der Waals surface area contributed by atoms with Gasteiger partial charge in [0.05, 0.1) is 18.4 Å². The minimum absolute atomic E-state index is 0.00433. The minimum atomic E-state index is -0.803. The number of hydrogen-bond acceptors (Lipinski definition) is 4. The summed E-state index contributed by atoms with van der Waals surface area (Å²) < 4.78 is 18.9. The lowest BCUT2D eigenvalue weighted by atomic mass is 9.83. The molecule has 7 nitrogen and oxygen atoms in total. The topological polar surface area (TPSA) is 96.5 Å². The number of halogens is 1. The molecule has 0 heterocycles. The normalized spacial score (nSPS) is 14.7. The quantitative estimate of drug-likeness (QED) is 0.504. The van der Waals surface area contributed by atoms with Gasteiger partial charge in [-0.25, -0.2) is 14.0 Å². The molecular formula is C26H32FN3O4. The summed E-state index contributed by atoms with van der Waals surface area (Å²) in [7, 11) is 1.29. The van der Waals surface area contributed by atoms with Crippen molar-refractivity contribution in [3.05, 3.63) is 58.4 Å². The summed E-state index contributed by atoms with van der Waals surface area (Å²) in [4.78, 5) is 38.3. The summed E-state index contributed by atoms with van der Waals surface area (Å²) in [5.41, 5.74) is 3.55. The van der Waals surface area contributed by atoms with Crippen LogP contribution in [0.25, 0.3) is 0 Å². The van der Waals surface area contributed by atoms with Gasteiger partial charge in [-0.15, -0.1) is 0 Å². The predicted molar refractivity (Wildman–Crippen MR) is 130 cm³/mol. The molecule has 0 bridgehead atoms. The van der Waals surface area contributed by atoms with Crippen molar-refractivity contribution in [1.29, 1.82) is 0 Å². The van der Waals surface area contributed by atoms with Crippen LogP contribution in [0.5, 0.6) is 0 Å². The van der Waals surface area contributed by atoms with E-state index in [-0.39, 0.29) is 17.2 Å². The third kappa shape index (κ3) is 6.12. The summed E-state index contributed by atoms with van der Waals surface area (Å²) >= 11 is 0. The highest BCUT2D eigenvalue weighted by molar-refractivity contribution is 6.07. The Morgan fingerprint density at radius 2 is 1.62 bits per heavy atom. The molecule has 3 N–H and O–H groups in total. The van der Waals surface area contributed by atoms with Gasteiger partial charge in [0.15, 0.2) is 0 Å². The first-order valence-corrected chi connectivity index (χ1v) is 11.5. The van der Waals surface area contributed by atoms with Crippen molar-refractivity contribution in [2.24, 2.45) is 5.92 Å². The molecule has 1 atom stereocenters. The van der Waals surface area contributed by atoms with Crippen LogP contribution >= 0.6 is 0 Å². The predicted octanol–water partition coefficient (Wildman–Crippen LogP) is 5.25. The molecule has 3 amide bonds. The van der Waals surface area contributed by atoms with E-state index in [0.717, 1.165) is 60.9 Å². The zero-order valence-corrected chi connectivity index (χ0v) is 20.1. The Morgan fingerprint density at radius 3 is 2.24 bits per heavy atom. The van der Waals surface area contributed by atoms with E-state index in [1.807, 2.05) is 32.9 Å². The largest absolute Gasteiger partial charge is 0.467 e. The van der Waals surface area contributed by atoms with Crippen molar-refractivity contribution in [2.75, 3.05) is 17.7 Å². The van der Waals surface area contributed by atoms with Crippen LogP contribution in [0.3, 0.4) is 0 Å². The van der Waals surface area contributed by atoms with Crippen molar-refractivity contribution in [1.82, 2.24) is 5.32 Å². The van der Waals surface area contributed by atoms with Gasteiger partial charge in [0.2, 0.25) is 0 Å². The Labute approximate surface area is 199 Å². The Morgan fingerprint density at radius 1 is 0.971 bits per heavy atom. The molecule has 2 aromatic rings. The number of anilines is 2. The SMILES string of the molecule is COC(=O)[C@@H](NC(=O)c1ccc(F)cc1NC(=O)Nc1c(C)cc(C)cc1C)C1CCCCC1. The fraction of sp³-hybridized carbons (Fsp3) is 0.423. The van der Waals surface area contributed by atoms with E-state index in [9.17, 15) is 18.8 Å². The summed E-state index contributed by atoms with van der Waals surface area (Å²) in [5, 5.41) is 8.11. The number of aryl methyl sites for hydroxylation is 3. The van der Waals surface area contributed by atoms with Crippen LogP contribution in [-0.2, 0) is 9.53 Å². The van der Waals surface area contributed by atoms with Gasteiger partial charge in [0.25, 0.3) is 5.91 Å². The molecule has 1 aliphatic carbocycles. The van der Waals surface area contributed by atoms with E-state index in [4.69, 9.17) is 4.74 Å². The monoisotopic (exact) mass is 469 g/mol. The lowest BCUT2D eigenvalue weighted by molar-refractivity contribution is -0.144. The summed E-state index contributed by atoms with van der Waals surface area (Å²) in [5.74, 6) is -1.73. The second-order valence-corrected chi connectivity index (χ2v) is 8.92. The lowest BCUT2D eigenvalue weighted by Gasteiger charge is -2.29. The molecule has 0 spiro atoms. The number of nitrogens with one attached hydrogen (secondary N) is 3. The summed E-state index contributed by atoms with van der Waals surface area (Å²) in [6, 6.07) is 5.99. The van der Waals surface area contributed by atoms with E-state index in [0.29, 0.717) is 5.69 Å². The number of methoxy groups -OCH3 is 1. The van der Waals surface area contributed by atoms with Crippen LogP contribution in [-0.4, -0.2) is 31.1 Å². The third-order valence-corrected chi connectivity index (χ3v) is 6.25. The highest BCUT2D eigenvalue weighted by Crippen LogP contribution is 2.28. The smallest absolute Gasteiger partial charge is 0.328 e. The van der Waals surface area contributed by atoms with Crippen molar-refractivity contribution in [3.63, 3.8) is 0 Å². The minimum Gasteiger partial charge on any atom is -0.467 e. The van der Waals surface area contributed by atoms with Crippen molar-refractivity contribution >= 4 is 29.3 Å². The fourth-order valence-electron chi connectivity index (χ4n) is 4.64. The number of benzene rings is 2. The first-order chi connectivity index (χ1) is 16.2. The van der Waals surface area contributed by atoms with E-state index < -0.39 is 29.8 Å². The van der Waals surface area contributed by atoms with E-state index in [2.05, 4.69) is 16.0 Å². The number of carbonyl (C=O) groups is 3. The van der Waals surface area contributed by atoms with Crippen LogP contribution in [0, 0.1) is 32.5 Å². The molecular weight excluding hydrogens is 437 g/mol. The van der Waals surface area contributed by atoms with Gasteiger partial charge in [-0.3, -0.25) is 4.79 Å². The van der Waals surface area contributed by atoms with Crippen LogP contribution < -0.4 is 16.0 Å². The van der Waals surface area contributed by atoms with Crippen molar-refractivity contribution in [2.45, 2.75) is 58.9 Å². The number of carbonyl (C=O) groups excluding carboxylic acids is 3. The van der Waals surface area contributed by atoms with Crippen molar-refractivity contribution < 1.29 is 23.5 Å². The second-order valence-electron chi connectivity index (χ2n) is 8.92. The molecule has 1 aliphatic rings. The lowest BCUT2D eigenvalue weighted by Crippen LogP contribution is -2.47. The number of hydrogen-bond donors (Lipinski definition) is 3. The molecule has 2 aromatic carbocycles. The maximum Gasteiger partial charge on any atom is 0.328 e. The van der Waals surface area contributed by atoms with Gasteiger partial charge in [-0.2, -0.15) is 0 Å². The maximum atomic E-state index is 14.0. The molecule has 1 fully saturated rings. The standard InChI is InChI=1S/C26H32FN3O4/c1-15-12-16(2)22(17(3)13-15)30-26(33)28-21-14-19(27)10-11-20(21)24(31)29-23(25(32)34-4)18-8-6-5-7-9-18/h10-14,18,23H,5-9H2,1-4H3,(H,29,31)(H2,28,30,33)/t23-/m0/s1. The van der Waals surface area contributed by atoms with Gasteiger partial charge >= 0.3 is 12.0 Å². The van der Waals surface area contributed by atoms with Gasteiger partial charge in [-0.05, 0) is 68.9 Å². The van der Waals surface area contributed by atoms with Gasteiger partial charge in [0.1, 0.15) is 11.9 Å². The number of urea groups is 1. The van der Waals surface area contributed by atoms with E-state index in [1.165, 1.54) is 13.2 Å². The molecule has 8 heteroatoms. The number of ether oxygens (including phenoxy) is 1. The molecule has 1 saturated carbocycles. The third-order valence-electron chi connectivity index (χ3n) is 6.25. The summed E-state index contributed by atoms with van der Waals surface area (Å²) in [6.45, 7) is 5.74. The summed E-state index contributed by atoms with van der Waals surface area (Å²) in [6.07, 6.45) is 4.68. The van der Waals surface area contributed by atoms with E-state index in [1.54, 1.807) is 0 Å². The zero-order valence-electron chi connectivity index (χ0n) is 20.1. The van der Waals surface area contributed by atoms with E-state index >= 15 is 0 Å². The highest BCUT2D eigenvalue weighted by atomic mass is 19.1. The Hall–Kier alpha value is -3.42. The Balaban J connectivity index is 1.80. The maximum absolute atomic E-state index is 14.0. The van der Waals surface area contributed by atoms with Gasteiger partial charge in [-0.1, -0.05) is 37.0 Å². The molecule has 3 rings (SSSR count). The molecule has 0 unspecified atom stereocenters. The zero-order chi connectivity index (χ0) is 24.8. The van der Waals surface area contributed by atoms with Crippen LogP contribution in [0.15, 0.2) is 30.3 Å². The second kappa shape index (κ2) is 11.1. The molecule has 0 aromatic heterocycles. The Kier molecular flexibility index (Phi) is 8.26. The number of rotatable bonds is 6. The molecule has 34 heavy (non-hydrogen) atoms. The molecule has 0 radical (unpaired) electrons. The van der Waals surface area contributed by atoms with Gasteiger partial charge in [0, 0.05) is 5.69 Å². The fourth-order valence-corrected chi connectivity index (χ4v) is 4.64. The number of esters is 1. The molecule has 0 aliphatic heterocycles. The van der Waals surface area contributed by atoms with Gasteiger partial charge < -0.3 is 20.7 Å². The van der Waals surface area contributed by atoms with Crippen LogP contribution in [0.1, 0.15) is 59.2 Å². The van der Waals surface area contributed by atoms with Crippen LogP contribution in [0.4, 0.5) is 20.6 Å². The van der Waals surface area contributed by atoms with Crippen molar-refractivity contribution in [3.8, 4) is 0 Å². The molecule has 0 saturated heterocycles. The average Bonchev–Trinajstić information content (AvgIpc) is 2.80. The molecule has 182 valence electrons. The Bertz CT molecular complexity index is 1060. The van der Waals surface area contributed by atoms with Crippen LogP contribution in [0.2, 0.25) is 0 Å². The average molecular weight is 470 g/mol. The first-order valence-electron chi connectivity index (χ1n) is 11.5. The number of amides is 3. The first kappa shape index (κ1) is 25.2.